The van der Waals surface area contributed by atoms with Crippen molar-refractivity contribution in [2.75, 3.05) is 26.4 Å². The lowest BCUT2D eigenvalue weighted by Crippen LogP contribution is -2.05. The van der Waals surface area contributed by atoms with Crippen molar-refractivity contribution in [3.8, 4) is 11.5 Å². The van der Waals surface area contributed by atoms with Gasteiger partial charge in [-0.05, 0) is 44.4 Å². The minimum absolute atomic E-state index is 0.193. The second-order valence-electron chi connectivity index (χ2n) is 7.31. The summed E-state index contributed by atoms with van der Waals surface area (Å²) in [6.45, 7) is 10.0. The fourth-order valence-corrected chi connectivity index (χ4v) is 5.48. The Kier molecular flexibility index (Phi) is 14.8. The molecule has 0 aliphatic rings. The molecule has 0 spiro atoms. The van der Waals surface area contributed by atoms with E-state index in [2.05, 4.69) is 29.8 Å². The molecule has 1 rings (SSSR count). The van der Waals surface area contributed by atoms with Crippen molar-refractivity contribution < 1.29 is 23.1 Å². The van der Waals surface area contributed by atoms with Crippen molar-refractivity contribution in [1.82, 2.24) is 0 Å². The molecule has 1 aromatic carbocycles. The number of hydrogen-bond acceptors (Lipinski definition) is 5. The van der Waals surface area contributed by atoms with Crippen LogP contribution in [0, 0.1) is 0 Å². The lowest BCUT2D eigenvalue weighted by atomic mass is 10.2. The Morgan fingerprint density at radius 3 is 1.73 bits per heavy atom. The van der Waals surface area contributed by atoms with Gasteiger partial charge in [0.05, 0.1) is 32.6 Å². The van der Waals surface area contributed by atoms with E-state index in [0.717, 1.165) is 41.5 Å². The van der Waals surface area contributed by atoms with E-state index < -0.39 is 7.60 Å². The van der Waals surface area contributed by atoms with E-state index in [9.17, 15) is 4.57 Å². The highest BCUT2D eigenvalue weighted by Crippen LogP contribution is 2.53. The number of benzene rings is 1. The predicted octanol–water partition coefficient (Wildman–Crippen LogP) is 8.13. The van der Waals surface area contributed by atoms with Crippen LogP contribution in [0.15, 0.2) is 16.6 Å². The van der Waals surface area contributed by atoms with Gasteiger partial charge in [0.1, 0.15) is 0 Å². The Bertz CT molecular complexity index is 628. The van der Waals surface area contributed by atoms with Crippen molar-refractivity contribution in [3.63, 3.8) is 0 Å². The van der Waals surface area contributed by atoms with Crippen LogP contribution in [0.25, 0.3) is 0 Å². The van der Waals surface area contributed by atoms with E-state index in [1.165, 1.54) is 25.7 Å². The van der Waals surface area contributed by atoms with Crippen molar-refractivity contribution >= 4 is 23.5 Å². The number of ether oxygens (including phenoxy) is 2. The zero-order chi connectivity index (χ0) is 22.2. The Hall–Kier alpha value is -0.550. The van der Waals surface area contributed by atoms with Gasteiger partial charge in [-0.2, -0.15) is 0 Å². The van der Waals surface area contributed by atoms with Crippen LogP contribution in [-0.2, 0) is 19.8 Å². The quantitative estimate of drug-likeness (QED) is 0.148. The highest BCUT2D eigenvalue weighted by Gasteiger charge is 2.26. The average Bonchev–Trinajstić information content (AvgIpc) is 2.70. The first-order valence-electron chi connectivity index (χ1n) is 11.5. The van der Waals surface area contributed by atoms with Gasteiger partial charge in [0.25, 0.3) is 0 Å². The zero-order valence-electron chi connectivity index (χ0n) is 19.2. The summed E-state index contributed by atoms with van der Waals surface area (Å²) in [7, 11) is -3.20. The van der Waals surface area contributed by atoms with Crippen molar-refractivity contribution in [2.45, 2.75) is 85.2 Å². The van der Waals surface area contributed by atoms with Crippen LogP contribution < -0.4 is 9.47 Å². The molecule has 0 fully saturated rings. The molecule has 0 N–H and O–H groups in total. The van der Waals surface area contributed by atoms with Crippen LogP contribution in [0.2, 0.25) is 0 Å². The Balaban J connectivity index is 2.95. The predicted molar refractivity (Wildman–Crippen MR) is 128 cm³/mol. The van der Waals surface area contributed by atoms with Crippen LogP contribution in [0.5, 0.6) is 11.5 Å². The summed E-state index contributed by atoms with van der Waals surface area (Å²) in [6, 6.07) is 3.83. The van der Waals surface area contributed by atoms with Crippen LogP contribution >= 0.6 is 23.5 Å². The third kappa shape index (κ3) is 10.7. The van der Waals surface area contributed by atoms with Gasteiger partial charge in [-0.25, -0.2) is 0 Å². The van der Waals surface area contributed by atoms with E-state index in [4.69, 9.17) is 18.5 Å². The van der Waals surface area contributed by atoms with E-state index in [-0.39, 0.29) is 6.16 Å². The summed E-state index contributed by atoms with van der Waals surface area (Å²) in [5.74, 6) is 1.42. The molecule has 0 amide bonds. The maximum Gasteiger partial charge on any atom is 0.335 e. The fourth-order valence-electron chi connectivity index (χ4n) is 3.08. The first-order chi connectivity index (χ1) is 14.5. The molecule has 0 aliphatic heterocycles. The molecule has 0 heterocycles. The standard InChI is InChI=1S/C23H40BrO5P/c1-5-9-11-13-15-26-22-17-20(19-30(25,28-7-3)29-8-4)21(24)18-23(22)27-16-14-12-10-6-2/h17-18H,5-16,19H2,1-4H3. The normalized spacial score (nSPS) is 11.6. The molecule has 0 aromatic heterocycles. The van der Waals surface area contributed by atoms with Crippen LogP contribution in [0.1, 0.15) is 84.6 Å². The number of hydrogen-bond donors (Lipinski definition) is 0. The molecule has 0 radical (unpaired) electrons. The first kappa shape index (κ1) is 27.5. The molecule has 0 saturated carbocycles. The number of unbranched alkanes of at least 4 members (excludes halogenated alkanes) is 6. The van der Waals surface area contributed by atoms with Gasteiger partial charge in [0.2, 0.25) is 0 Å². The summed E-state index contributed by atoms with van der Waals surface area (Å²) >= 11 is 3.60. The van der Waals surface area contributed by atoms with Crippen molar-refractivity contribution in [1.29, 1.82) is 0 Å². The largest absolute Gasteiger partial charge is 0.490 e. The lowest BCUT2D eigenvalue weighted by molar-refractivity contribution is 0.219. The first-order valence-corrected chi connectivity index (χ1v) is 14.0. The molecule has 7 heteroatoms. The fraction of sp³-hybridized carbons (Fsp3) is 0.739. The Labute approximate surface area is 191 Å². The van der Waals surface area contributed by atoms with Gasteiger partial charge < -0.3 is 18.5 Å². The molecule has 0 atom stereocenters. The van der Waals surface area contributed by atoms with Crippen LogP contribution in [0.4, 0.5) is 0 Å². The summed E-state index contributed by atoms with van der Waals surface area (Å²) in [5.41, 5.74) is 0.835. The molecular weight excluding hydrogens is 467 g/mol. The topological polar surface area (TPSA) is 54.0 Å². The molecule has 30 heavy (non-hydrogen) atoms. The highest BCUT2D eigenvalue weighted by atomic mass is 79.9. The SMILES string of the molecule is CCCCCCOc1cc(Br)c(CP(=O)(OCC)OCC)cc1OCCCCCC. The van der Waals surface area contributed by atoms with Gasteiger partial charge in [-0.15, -0.1) is 0 Å². The molecule has 0 unspecified atom stereocenters. The van der Waals surface area contributed by atoms with Crippen LogP contribution in [0.3, 0.4) is 0 Å². The van der Waals surface area contributed by atoms with Gasteiger partial charge in [0.15, 0.2) is 11.5 Å². The van der Waals surface area contributed by atoms with Crippen LogP contribution in [-0.4, -0.2) is 26.4 Å². The molecule has 0 aliphatic carbocycles. The van der Waals surface area contributed by atoms with Crippen molar-refractivity contribution in [2.24, 2.45) is 0 Å². The minimum atomic E-state index is -3.20. The van der Waals surface area contributed by atoms with Gasteiger partial charge in [0, 0.05) is 4.47 Å². The summed E-state index contributed by atoms with van der Waals surface area (Å²) < 4.78 is 36.9. The maximum atomic E-state index is 13.0. The molecule has 5 nitrogen and oxygen atoms in total. The second kappa shape index (κ2) is 16.1. The van der Waals surface area contributed by atoms with E-state index in [1.807, 2.05) is 26.0 Å². The average molecular weight is 507 g/mol. The summed E-state index contributed by atoms with van der Waals surface area (Å²) in [4.78, 5) is 0. The molecule has 174 valence electrons. The second-order valence-corrected chi connectivity index (χ2v) is 10.2. The van der Waals surface area contributed by atoms with Crippen molar-refractivity contribution in [3.05, 3.63) is 22.2 Å². The van der Waals surface area contributed by atoms with Gasteiger partial charge in [-0.3, -0.25) is 4.57 Å². The zero-order valence-corrected chi connectivity index (χ0v) is 21.7. The maximum absolute atomic E-state index is 13.0. The third-order valence-electron chi connectivity index (χ3n) is 4.64. The van der Waals surface area contributed by atoms with Gasteiger partial charge >= 0.3 is 7.60 Å². The smallest absolute Gasteiger partial charge is 0.335 e. The minimum Gasteiger partial charge on any atom is -0.490 e. The summed E-state index contributed by atoms with van der Waals surface area (Å²) in [5, 5.41) is 0. The molecule has 1 aromatic rings. The third-order valence-corrected chi connectivity index (χ3v) is 7.41. The van der Waals surface area contributed by atoms with E-state index in [1.54, 1.807) is 0 Å². The number of halogens is 1. The molecular formula is C23H40BrO5P. The monoisotopic (exact) mass is 506 g/mol. The van der Waals surface area contributed by atoms with Gasteiger partial charge in [-0.1, -0.05) is 68.3 Å². The Morgan fingerprint density at radius 2 is 1.27 bits per heavy atom. The van der Waals surface area contributed by atoms with E-state index >= 15 is 0 Å². The number of rotatable bonds is 18. The lowest BCUT2D eigenvalue weighted by Gasteiger charge is -2.20. The molecule has 0 saturated heterocycles. The molecule has 0 bridgehead atoms. The summed E-state index contributed by atoms with van der Waals surface area (Å²) in [6.07, 6.45) is 9.35. The van der Waals surface area contributed by atoms with E-state index in [0.29, 0.717) is 32.2 Å². The Morgan fingerprint density at radius 1 is 0.767 bits per heavy atom. The highest BCUT2D eigenvalue weighted by molar-refractivity contribution is 9.10.